The lowest BCUT2D eigenvalue weighted by atomic mass is 9.98. The Morgan fingerprint density at radius 3 is 2.80 bits per heavy atom. The third kappa shape index (κ3) is 3.69. The van der Waals surface area contributed by atoms with Crippen molar-refractivity contribution in [3.63, 3.8) is 0 Å². The van der Waals surface area contributed by atoms with Gasteiger partial charge < -0.3 is 4.90 Å². The van der Waals surface area contributed by atoms with Gasteiger partial charge in [0.25, 0.3) is 0 Å². The fraction of sp³-hybridized carbons (Fsp3) is 0.500. The second-order valence-corrected chi connectivity index (χ2v) is 6.17. The molecule has 1 saturated heterocycles. The Morgan fingerprint density at radius 1 is 1.35 bits per heavy atom. The van der Waals surface area contributed by atoms with Gasteiger partial charge >= 0.3 is 0 Å². The molecule has 1 aliphatic heterocycles. The van der Waals surface area contributed by atoms with Gasteiger partial charge in [0, 0.05) is 23.0 Å². The van der Waals surface area contributed by atoms with Crippen LogP contribution in [0.3, 0.4) is 0 Å². The molecule has 1 aromatic rings. The molecule has 0 radical (unpaired) electrons. The Labute approximate surface area is 128 Å². The lowest BCUT2D eigenvalue weighted by Gasteiger charge is -2.20. The number of benzene rings is 1. The van der Waals surface area contributed by atoms with Crippen molar-refractivity contribution in [2.45, 2.75) is 32.6 Å². The van der Waals surface area contributed by atoms with Crippen LogP contribution in [0.25, 0.3) is 0 Å². The normalized spacial score (nSPS) is 19.8. The second-order valence-electron chi connectivity index (χ2n) is 5.32. The average molecular weight is 338 g/mol. The summed E-state index contributed by atoms with van der Waals surface area (Å²) in [5.74, 6) is 0.727. The Bertz CT molecular complexity index is 501. The molecule has 1 atom stereocenters. The fourth-order valence-electron chi connectivity index (χ4n) is 2.61. The smallest absolute Gasteiger partial charge is 0.222 e. The van der Waals surface area contributed by atoms with Gasteiger partial charge in [-0.05, 0) is 24.8 Å². The zero-order valence-corrected chi connectivity index (χ0v) is 13.4. The number of amides is 1. The molecule has 20 heavy (non-hydrogen) atoms. The minimum Gasteiger partial charge on any atom is -0.335 e. The first kappa shape index (κ1) is 15.2. The Balaban J connectivity index is 2.03. The van der Waals surface area contributed by atoms with Crippen molar-refractivity contribution in [3.05, 3.63) is 34.3 Å². The zero-order chi connectivity index (χ0) is 14.5. The Hall–Kier alpha value is -1.16. The summed E-state index contributed by atoms with van der Waals surface area (Å²) in [7, 11) is 0. The molecule has 2 rings (SSSR count). The maximum Gasteiger partial charge on any atom is 0.222 e. The van der Waals surface area contributed by atoms with E-state index in [9.17, 15) is 9.59 Å². The van der Waals surface area contributed by atoms with Gasteiger partial charge in [-0.15, -0.1) is 0 Å². The number of nitrogens with zero attached hydrogens (tertiary/aromatic N) is 1. The van der Waals surface area contributed by atoms with Crippen LogP contribution in [-0.2, 0) is 4.79 Å². The Kier molecular flexibility index (Phi) is 5.35. The third-order valence-corrected chi connectivity index (χ3v) is 4.70. The van der Waals surface area contributed by atoms with E-state index in [4.69, 9.17) is 0 Å². The summed E-state index contributed by atoms with van der Waals surface area (Å²) in [4.78, 5) is 26.1. The van der Waals surface area contributed by atoms with Gasteiger partial charge in [0.15, 0.2) is 5.78 Å². The molecule has 3 nitrogen and oxygen atoms in total. The average Bonchev–Trinajstić information content (AvgIpc) is 2.62. The molecule has 1 fully saturated rings. The molecule has 0 bridgehead atoms. The van der Waals surface area contributed by atoms with E-state index in [0.29, 0.717) is 24.4 Å². The highest BCUT2D eigenvalue weighted by Crippen LogP contribution is 2.22. The van der Waals surface area contributed by atoms with Gasteiger partial charge in [-0.2, -0.15) is 0 Å². The van der Waals surface area contributed by atoms with E-state index >= 15 is 0 Å². The van der Waals surface area contributed by atoms with Gasteiger partial charge in [-0.3, -0.25) is 9.59 Å². The SMILES string of the molecule is CCC1CCC(=O)N(CC(=O)c2ccccc2Br)CC1. The zero-order valence-electron chi connectivity index (χ0n) is 11.8. The quantitative estimate of drug-likeness (QED) is 0.786. The first-order chi connectivity index (χ1) is 9.61. The van der Waals surface area contributed by atoms with E-state index in [-0.39, 0.29) is 18.2 Å². The van der Waals surface area contributed by atoms with Gasteiger partial charge in [0.05, 0.1) is 6.54 Å². The lowest BCUT2D eigenvalue weighted by molar-refractivity contribution is -0.130. The molecule has 1 heterocycles. The number of hydrogen-bond donors (Lipinski definition) is 0. The molecule has 1 unspecified atom stereocenters. The van der Waals surface area contributed by atoms with E-state index in [1.165, 1.54) is 0 Å². The minimum atomic E-state index is 0.000716. The Morgan fingerprint density at radius 2 is 2.10 bits per heavy atom. The summed E-state index contributed by atoms with van der Waals surface area (Å²) in [5, 5.41) is 0. The molecule has 1 aliphatic rings. The van der Waals surface area contributed by atoms with Crippen LogP contribution < -0.4 is 0 Å². The standard InChI is InChI=1S/C16H20BrNO2/c1-2-12-7-8-16(20)18(10-9-12)11-15(19)13-5-3-4-6-14(13)17/h3-6,12H,2,7-11H2,1H3. The van der Waals surface area contributed by atoms with Crippen LogP contribution in [0.2, 0.25) is 0 Å². The number of Topliss-reactive ketones (excluding diaryl/α,β-unsaturated/α-hetero) is 1. The predicted octanol–water partition coefficient (Wildman–Crippen LogP) is 3.67. The molecular formula is C16H20BrNO2. The van der Waals surface area contributed by atoms with Crippen molar-refractivity contribution in [2.75, 3.05) is 13.1 Å². The summed E-state index contributed by atoms with van der Waals surface area (Å²) >= 11 is 3.39. The topological polar surface area (TPSA) is 37.4 Å². The number of likely N-dealkylation sites (tertiary alicyclic amines) is 1. The molecule has 0 aromatic heterocycles. The maximum absolute atomic E-state index is 12.3. The van der Waals surface area contributed by atoms with Crippen LogP contribution in [0, 0.1) is 5.92 Å². The summed E-state index contributed by atoms with van der Waals surface area (Å²) in [6.07, 6.45) is 3.64. The van der Waals surface area contributed by atoms with Crippen molar-refractivity contribution in [1.82, 2.24) is 4.90 Å². The highest BCUT2D eigenvalue weighted by atomic mass is 79.9. The number of carbonyl (C=O) groups excluding carboxylic acids is 2. The molecule has 4 heteroatoms. The number of ketones is 1. The van der Waals surface area contributed by atoms with Crippen molar-refractivity contribution in [2.24, 2.45) is 5.92 Å². The van der Waals surface area contributed by atoms with Crippen LogP contribution >= 0.6 is 15.9 Å². The van der Waals surface area contributed by atoms with Crippen LogP contribution in [0.15, 0.2) is 28.7 Å². The highest BCUT2D eigenvalue weighted by molar-refractivity contribution is 9.10. The molecule has 0 spiro atoms. The van der Waals surface area contributed by atoms with Crippen molar-refractivity contribution in [3.8, 4) is 0 Å². The number of halogens is 1. The van der Waals surface area contributed by atoms with Crippen molar-refractivity contribution < 1.29 is 9.59 Å². The second kappa shape index (κ2) is 7.02. The fourth-order valence-corrected chi connectivity index (χ4v) is 3.12. The molecule has 1 aromatic carbocycles. The van der Waals surface area contributed by atoms with Crippen LogP contribution in [-0.4, -0.2) is 29.7 Å². The van der Waals surface area contributed by atoms with E-state index in [2.05, 4.69) is 22.9 Å². The monoisotopic (exact) mass is 337 g/mol. The highest BCUT2D eigenvalue weighted by Gasteiger charge is 2.24. The minimum absolute atomic E-state index is 0.000716. The maximum atomic E-state index is 12.3. The first-order valence-electron chi connectivity index (χ1n) is 7.17. The number of carbonyl (C=O) groups is 2. The third-order valence-electron chi connectivity index (χ3n) is 4.01. The molecule has 0 saturated carbocycles. The molecule has 0 aliphatic carbocycles. The van der Waals surface area contributed by atoms with Crippen LogP contribution in [0.5, 0.6) is 0 Å². The van der Waals surface area contributed by atoms with Gasteiger partial charge in [0.2, 0.25) is 5.91 Å². The summed E-state index contributed by atoms with van der Waals surface area (Å²) < 4.78 is 0.790. The largest absolute Gasteiger partial charge is 0.335 e. The molecule has 1 amide bonds. The predicted molar refractivity (Wildman–Crippen MR) is 82.7 cm³/mol. The first-order valence-corrected chi connectivity index (χ1v) is 7.96. The molecule has 0 N–H and O–H groups in total. The number of hydrogen-bond acceptors (Lipinski definition) is 2. The van der Waals surface area contributed by atoms with E-state index in [1.807, 2.05) is 18.2 Å². The van der Waals surface area contributed by atoms with Crippen LogP contribution in [0.4, 0.5) is 0 Å². The molecular weight excluding hydrogens is 318 g/mol. The lowest BCUT2D eigenvalue weighted by Crippen LogP contribution is -2.35. The van der Waals surface area contributed by atoms with Crippen LogP contribution in [0.1, 0.15) is 43.0 Å². The number of rotatable bonds is 4. The van der Waals surface area contributed by atoms with E-state index in [1.54, 1.807) is 11.0 Å². The van der Waals surface area contributed by atoms with E-state index in [0.717, 1.165) is 23.7 Å². The van der Waals surface area contributed by atoms with Gasteiger partial charge in [-0.25, -0.2) is 0 Å². The summed E-state index contributed by atoms with van der Waals surface area (Å²) in [5.41, 5.74) is 0.650. The summed E-state index contributed by atoms with van der Waals surface area (Å²) in [6, 6.07) is 7.37. The van der Waals surface area contributed by atoms with Crippen molar-refractivity contribution >= 4 is 27.6 Å². The summed E-state index contributed by atoms with van der Waals surface area (Å²) in [6.45, 7) is 3.06. The van der Waals surface area contributed by atoms with Crippen molar-refractivity contribution in [1.29, 1.82) is 0 Å². The van der Waals surface area contributed by atoms with Gasteiger partial charge in [-0.1, -0.05) is 47.5 Å². The van der Waals surface area contributed by atoms with Gasteiger partial charge in [0.1, 0.15) is 0 Å². The van der Waals surface area contributed by atoms with E-state index < -0.39 is 0 Å². The molecule has 108 valence electrons.